The monoisotopic (exact) mass is 246 g/mol. The molecule has 0 aliphatic rings. The van der Waals surface area contributed by atoms with Gasteiger partial charge in [-0.25, -0.2) is 0 Å². The SMILES string of the molecule is CC(N)(CO)c1cc(Br)c[nH]c1=O. The number of aromatic nitrogens is 1. The third kappa shape index (κ3) is 2.18. The van der Waals surface area contributed by atoms with Gasteiger partial charge in [0, 0.05) is 16.2 Å². The fourth-order valence-electron chi connectivity index (χ4n) is 0.967. The third-order valence-electron chi connectivity index (χ3n) is 1.81. The second-order valence-corrected chi connectivity index (χ2v) is 4.05. The number of nitrogens with two attached hydrogens (primary N) is 1. The van der Waals surface area contributed by atoms with Gasteiger partial charge in [-0.15, -0.1) is 0 Å². The van der Waals surface area contributed by atoms with Crippen LogP contribution in [0, 0.1) is 0 Å². The molecule has 0 spiro atoms. The lowest BCUT2D eigenvalue weighted by molar-refractivity contribution is 0.209. The Hall–Kier alpha value is -0.650. The van der Waals surface area contributed by atoms with Crippen LogP contribution in [0.3, 0.4) is 0 Å². The largest absolute Gasteiger partial charge is 0.394 e. The average molecular weight is 247 g/mol. The summed E-state index contributed by atoms with van der Waals surface area (Å²) in [5, 5.41) is 8.97. The van der Waals surface area contributed by atoms with Crippen molar-refractivity contribution in [1.82, 2.24) is 4.98 Å². The summed E-state index contributed by atoms with van der Waals surface area (Å²) in [6.07, 6.45) is 1.53. The number of aliphatic hydroxyl groups excluding tert-OH is 1. The van der Waals surface area contributed by atoms with Gasteiger partial charge >= 0.3 is 0 Å². The maximum Gasteiger partial charge on any atom is 0.253 e. The van der Waals surface area contributed by atoms with Gasteiger partial charge in [-0.05, 0) is 28.9 Å². The Morgan fingerprint density at radius 3 is 2.92 bits per heavy atom. The maximum absolute atomic E-state index is 11.3. The van der Waals surface area contributed by atoms with E-state index in [2.05, 4.69) is 20.9 Å². The van der Waals surface area contributed by atoms with Gasteiger partial charge in [0.15, 0.2) is 0 Å². The molecular formula is C8H11BrN2O2. The Kier molecular flexibility index (Phi) is 2.90. The van der Waals surface area contributed by atoms with Crippen molar-refractivity contribution in [2.24, 2.45) is 5.73 Å². The number of nitrogens with one attached hydrogen (secondary N) is 1. The van der Waals surface area contributed by atoms with Crippen molar-refractivity contribution in [2.75, 3.05) is 6.61 Å². The standard InChI is InChI=1S/C8H11BrN2O2/c1-8(10,4-12)6-2-5(9)3-11-7(6)13/h2-3,12H,4,10H2,1H3,(H,11,13). The van der Waals surface area contributed by atoms with Crippen molar-refractivity contribution in [3.05, 3.63) is 32.7 Å². The lowest BCUT2D eigenvalue weighted by Crippen LogP contribution is -2.41. The fourth-order valence-corrected chi connectivity index (χ4v) is 1.31. The Morgan fingerprint density at radius 1 is 1.77 bits per heavy atom. The summed E-state index contributed by atoms with van der Waals surface area (Å²) in [7, 11) is 0. The molecule has 0 saturated heterocycles. The van der Waals surface area contributed by atoms with E-state index in [4.69, 9.17) is 10.8 Å². The van der Waals surface area contributed by atoms with Gasteiger partial charge in [-0.2, -0.15) is 0 Å². The Bertz CT molecular complexity index is 359. The van der Waals surface area contributed by atoms with E-state index in [-0.39, 0.29) is 12.2 Å². The van der Waals surface area contributed by atoms with Gasteiger partial charge in [-0.3, -0.25) is 4.79 Å². The Balaban J connectivity index is 3.29. The lowest BCUT2D eigenvalue weighted by Gasteiger charge is -2.20. The number of hydrogen-bond acceptors (Lipinski definition) is 3. The molecule has 1 atom stereocenters. The summed E-state index contributed by atoms with van der Waals surface area (Å²) in [5.74, 6) is 0. The molecule has 0 saturated carbocycles. The molecule has 0 aliphatic carbocycles. The van der Waals surface area contributed by atoms with Gasteiger partial charge in [0.25, 0.3) is 5.56 Å². The number of rotatable bonds is 2. The highest BCUT2D eigenvalue weighted by Crippen LogP contribution is 2.16. The van der Waals surface area contributed by atoms with Crippen LogP contribution in [-0.4, -0.2) is 16.7 Å². The highest BCUT2D eigenvalue weighted by Gasteiger charge is 2.23. The summed E-state index contributed by atoms with van der Waals surface area (Å²) < 4.78 is 0.729. The van der Waals surface area contributed by atoms with E-state index in [0.29, 0.717) is 5.56 Å². The second kappa shape index (κ2) is 3.61. The number of pyridine rings is 1. The number of aromatic amines is 1. The molecule has 0 aromatic carbocycles. The summed E-state index contributed by atoms with van der Waals surface area (Å²) >= 11 is 3.21. The van der Waals surface area contributed by atoms with Crippen LogP contribution in [0.5, 0.6) is 0 Å². The number of aliphatic hydroxyl groups is 1. The molecule has 1 heterocycles. The zero-order valence-electron chi connectivity index (χ0n) is 7.17. The molecule has 72 valence electrons. The molecule has 4 nitrogen and oxygen atoms in total. The van der Waals surface area contributed by atoms with Crippen LogP contribution in [0.15, 0.2) is 21.5 Å². The molecular weight excluding hydrogens is 236 g/mol. The predicted molar refractivity (Wildman–Crippen MR) is 53.4 cm³/mol. The Morgan fingerprint density at radius 2 is 2.38 bits per heavy atom. The molecule has 0 fully saturated rings. The topological polar surface area (TPSA) is 79.1 Å². The van der Waals surface area contributed by atoms with Gasteiger partial charge in [-0.1, -0.05) is 0 Å². The van der Waals surface area contributed by atoms with Crippen LogP contribution in [0.25, 0.3) is 0 Å². The van der Waals surface area contributed by atoms with E-state index in [1.165, 1.54) is 6.20 Å². The highest BCUT2D eigenvalue weighted by atomic mass is 79.9. The number of halogens is 1. The van der Waals surface area contributed by atoms with E-state index >= 15 is 0 Å². The van der Waals surface area contributed by atoms with Crippen LogP contribution in [0.2, 0.25) is 0 Å². The molecule has 1 aromatic heterocycles. The van der Waals surface area contributed by atoms with Crippen molar-refractivity contribution in [3.63, 3.8) is 0 Å². The van der Waals surface area contributed by atoms with Crippen molar-refractivity contribution in [1.29, 1.82) is 0 Å². The van der Waals surface area contributed by atoms with Crippen molar-refractivity contribution in [3.8, 4) is 0 Å². The first-order chi connectivity index (χ1) is 5.97. The summed E-state index contributed by atoms with van der Waals surface area (Å²) in [4.78, 5) is 13.8. The third-order valence-corrected chi connectivity index (χ3v) is 2.27. The quantitative estimate of drug-likeness (QED) is 0.703. The summed E-state index contributed by atoms with van der Waals surface area (Å²) in [5.41, 5.74) is 4.80. The van der Waals surface area contributed by atoms with Crippen molar-refractivity contribution in [2.45, 2.75) is 12.5 Å². The zero-order chi connectivity index (χ0) is 10.1. The second-order valence-electron chi connectivity index (χ2n) is 3.14. The number of hydrogen-bond donors (Lipinski definition) is 3. The van der Waals surface area contributed by atoms with Gasteiger partial charge < -0.3 is 15.8 Å². The van der Waals surface area contributed by atoms with Crippen LogP contribution in [0.4, 0.5) is 0 Å². The lowest BCUT2D eigenvalue weighted by atomic mass is 9.96. The van der Waals surface area contributed by atoms with Gasteiger partial charge in [0.05, 0.1) is 12.1 Å². The molecule has 1 aromatic rings. The minimum atomic E-state index is -1.00. The van der Waals surface area contributed by atoms with Crippen molar-refractivity contribution < 1.29 is 5.11 Å². The predicted octanol–water partition coefficient (Wildman–Crippen LogP) is 0.304. The van der Waals surface area contributed by atoms with Crippen LogP contribution in [0.1, 0.15) is 12.5 Å². The molecule has 1 rings (SSSR count). The molecule has 5 heteroatoms. The van der Waals surface area contributed by atoms with Crippen LogP contribution in [-0.2, 0) is 5.54 Å². The summed E-state index contributed by atoms with van der Waals surface area (Å²) in [6.45, 7) is 1.33. The maximum atomic E-state index is 11.3. The number of H-pyrrole nitrogens is 1. The first-order valence-electron chi connectivity index (χ1n) is 3.76. The van der Waals surface area contributed by atoms with Crippen molar-refractivity contribution >= 4 is 15.9 Å². The molecule has 1 unspecified atom stereocenters. The smallest absolute Gasteiger partial charge is 0.253 e. The molecule has 0 amide bonds. The minimum Gasteiger partial charge on any atom is -0.394 e. The highest BCUT2D eigenvalue weighted by molar-refractivity contribution is 9.10. The van der Waals surface area contributed by atoms with Gasteiger partial charge in [0.2, 0.25) is 0 Å². The van der Waals surface area contributed by atoms with E-state index in [1.54, 1.807) is 13.0 Å². The molecule has 4 N–H and O–H groups in total. The summed E-state index contributed by atoms with van der Waals surface area (Å²) in [6, 6.07) is 1.61. The molecule has 0 radical (unpaired) electrons. The van der Waals surface area contributed by atoms with E-state index < -0.39 is 5.54 Å². The molecule has 0 aliphatic heterocycles. The molecule has 13 heavy (non-hydrogen) atoms. The molecule has 0 bridgehead atoms. The normalized spacial score (nSPS) is 15.4. The van der Waals surface area contributed by atoms with E-state index in [1.807, 2.05) is 0 Å². The van der Waals surface area contributed by atoms with Gasteiger partial charge in [0.1, 0.15) is 0 Å². The van der Waals surface area contributed by atoms with E-state index in [9.17, 15) is 4.79 Å². The fraction of sp³-hybridized carbons (Fsp3) is 0.375. The Labute approximate surface area is 83.9 Å². The average Bonchev–Trinajstić information content (AvgIpc) is 2.09. The first-order valence-corrected chi connectivity index (χ1v) is 4.55. The minimum absolute atomic E-state index is 0.271. The van der Waals surface area contributed by atoms with Crippen LogP contribution < -0.4 is 11.3 Å². The first kappa shape index (κ1) is 10.4. The van der Waals surface area contributed by atoms with Crippen LogP contribution >= 0.6 is 15.9 Å². The van der Waals surface area contributed by atoms with E-state index in [0.717, 1.165) is 4.47 Å². The zero-order valence-corrected chi connectivity index (χ0v) is 8.76.